The normalized spacial score (nSPS) is 11.9. The molecule has 0 heterocycles. The number of nitriles is 1. The fourth-order valence-corrected chi connectivity index (χ4v) is 8.26. The van der Waals surface area contributed by atoms with Crippen molar-refractivity contribution < 1.29 is 27.9 Å². The van der Waals surface area contributed by atoms with Gasteiger partial charge < -0.3 is 8.85 Å². The van der Waals surface area contributed by atoms with Crippen LogP contribution in [-0.2, 0) is 27.9 Å². The highest BCUT2D eigenvalue weighted by Crippen LogP contribution is 2.19. The zero-order valence-corrected chi connectivity index (χ0v) is 37.1. The van der Waals surface area contributed by atoms with Gasteiger partial charge >= 0.3 is 9.53 Å². The number of carbonyl (C=O) groups is 2. The Hall–Kier alpha value is -1.08. The molecule has 0 saturated carbocycles. The molecule has 0 fully saturated rings. The third-order valence-electron chi connectivity index (χ3n) is 10.2. The molecule has 0 aromatic rings. The number of hydrogen-bond donors (Lipinski definition) is 0. The summed E-state index contributed by atoms with van der Waals surface area (Å²) in [5.74, 6) is -0.795. The van der Waals surface area contributed by atoms with Crippen LogP contribution in [0.5, 0.6) is 0 Å². The molecule has 0 rings (SSSR count). The van der Waals surface area contributed by atoms with Gasteiger partial charge in [-0.05, 0) is 31.0 Å². The van der Waals surface area contributed by atoms with Crippen molar-refractivity contribution in [3.63, 3.8) is 0 Å². The molecule has 7 nitrogen and oxygen atoms in total. The van der Waals surface area contributed by atoms with Gasteiger partial charge in [0.1, 0.15) is 5.40 Å². The second-order valence-corrected chi connectivity index (χ2v) is 17.7. The van der Waals surface area contributed by atoms with E-state index < -0.39 is 21.5 Å². The predicted octanol–water partition coefficient (Wildman–Crippen LogP) is 14.4. The number of hydrogen-bond acceptors (Lipinski definition) is 8. The van der Waals surface area contributed by atoms with Crippen LogP contribution in [-0.4, -0.2) is 33.3 Å². The van der Waals surface area contributed by atoms with E-state index >= 15 is 0 Å². The van der Waals surface area contributed by atoms with Crippen LogP contribution in [0.2, 0.25) is 0 Å². The highest BCUT2D eigenvalue weighted by atomic mass is 32.2. The molecule has 0 spiro atoms. The maximum absolute atomic E-state index is 12.7. The molecule has 53 heavy (non-hydrogen) atoms. The highest BCUT2D eigenvalue weighted by Gasteiger charge is 2.27. The third-order valence-corrected chi connectivity index (χ3v) is 12.2. The smallest absolute Gasteiger partial charge is 0.465 e. The SMILES string of the molecule is CCCCCCCCCCCCCCCCCC(=O)O[SiH](OOCC(CCCCC)SC#N)OC(=O)CCCCCCCCCCCCCCCCC. The van der Waals surface area contributed by atoms with E-state index in [1.54, 1.807) is 0 Å². The molecule has 312 valence electrons. The largest absolute Gasteiger partial charge is 0.647 e. The van der Waals surface area contributed by atoms with Crippen LogP contribution in [0.15, 0.2) is 0 Å². The van der Waals surface area contributed by atoms with E-state index in [1.807, 2.05) is 0 Å². The summed E-state index contributed by atoms with van der Waals surface area (Å²) in [6.07, 6.45) is 42.6. The molecule has 0 aromatic heterocycles. The quantitative estimate of drug-likeness (QED) is 0.0198. The molecule has 0 aromatic carbocycles. The Labute approximate surface area is 334 Å². The number of thioether (sulfide) groups is 1. The number of thiocyanates is 1. The molecule has 0 amide bonds. The lowest BCUT2D eigenvalue weighted by Gasteiger charge is -2.17. The van der Waals surface area contributed by atoms with Crippen LogP contribution in [0.4, 0.5) is 0 Å². The van der Waals surface area contributed by atoms with E-state index in [0.29, 0.717) is 0 Å². The van der Waals surface area contributed by atoms with Crippen LogP contribution >= 0.6 is 11.8 Å². The lowest BCUT2D eigenvalue weighted by atomic mass is 10.0. The summed E-state index contributed by atoms with van der Waals surface area (Å²) in [6, 6.07) is 0. The Kier molecular flexibility index (Phi) is 42.8. The molecule has 0 aliphatic carbocycles. The molecular weight excluding hydrogens is 699 g/mol. The highest BCUT2D eigenvalue weighted by molar-refractivity contribution is 8.04. The first-order valence-electron chi connectivity index (χ1n) is 22.8. The molecule has 1 unspecified atom stereocenters. The molecule has 9 heteroatoms. The lowest BCUT2D eigenvalue weighted by molar-refractivity contribution is -0.238. The van der Waals surface area contributed by atoms with Gasteiger partial charge in [-0.3, -0.25) is 9.59 Å². The van der Waals surface area contributed by atoms with E-state index in [0.717, 1.165) is 76.0 Å². The summed E-state index contributed by atoms with van der Waals surface area (Å²) in [5, 5.41) is 11.3. The van der Waals surface area contributed by atoms with Gasteiger partial charge in [0.05, 0.1) is 6.61 Å². The average molecular weight is 784 g/mol. The minimum atomic E-state index is -3.16. The van der Waals surface area contributed by atoms with Gasteiger partial charge in [0.2, 0.25) is 0 Å². The van der Waals surface area contributed by atoms with Crippen molar-refractivity contribution in [3.05, 3.63) is 0 Å². The fraction of sp³-hybridized carbons (Fsp3) is 0.932. The summed E-state index contributed by atoms with van der Waals surface area (Å²) in [5.41, 5.74) is 0. The Morgan fingerprint density at radius 1 is 0.491 bits per heavy atom. The summed E-state index contributed by atoms with van der Waals surface area (Å²) in [4.78, 5) is 30.8. The minimum absolute atomic E-state index is 0.0479. The fourth-order valence-electron chi connectivity index (χ4n) is 6.72. The van der Waals surface area contributed by atoms with E-state index in [9.17, 15) is 14.9 Å². The first-order valence-corrected chi connectivity index (χ1v) is 25.1. The van der Waals surface area contributed by atoms with Crippen LogP contribution < -0.4 is 0 Å². The van der Waals surface area contributed by atoms with Crippen LogP contribution in [0.25, 0.3) is 0 Å². The maximum atomic E-state index is 12.7. The molecule has 0 radical (unpaired) electrons. The zero-order valence-electron chi connectivity index (χ0n) is 35.1. The van der Waals surface area contributed by atoms with E-state index in [4.69, 9.17) is 18.3 Å². The van der Waals surface area contributed by atoms with Crippen LogP contribution in [0, 0.1) is 10.7 Å². The van der Waals surface area contributed by atoms with Crippen molar-refractivity contribution in [3.8, 4) is 5.40 Å². The van der Waals surface area contributed by atoms with Gasteiger partial charge in [-0.15, -0.1) is 0 Å². The predicted molar refractivity (Wildman–Crippen MR) is 227 cm³/mol. The van der Waals surface area contributed by atoms with Gasteiger partial charge in [-0.2, -0.15) is 5.26 Å². The first-order chi connectivity index (χ1) is 26.1. The van der Waals surface area contributed by atoms with Gasteiger partial charge in [0.25, 0.3) is 11.9 Å². The number of unbranched alkanes of at least 4 members (excludes halogenated alkanes) is 30. The van der Waals surface area contributed by atoms with Crippen molar-refractivity contribution in [2.24, 2.45) is 0 Å². The van der Waals surface area contributed by atoms with Crippen LogP contribution in [0.1, 0.15) is 252 Å². The topological polar surface area (TPSA) is 94.9 Å². The standard InChI is InChI=1S/C44H85NO6SSi/c1-4-7-10-12-14-16-18-20-22-24-26-28-30-32-35-38-43(46)49-53(51-48-40-42(52-41-45)37-34-9-6-3)50-44(47)39-36-33-31-29-27-25-23-21-19-17-15-13-11-8-5-2/h42,53H,4-40H2,1-3H3. The molecule has 0 aliphatic rings. The van der Waals surface area contributed by atoms with Crippen molar-refractivity contribution >= 4 is 33.2 Å². The van der Waals surface area contributed by atoms with E-state index in [2.05, 4.69) is 26.2 Å². The molecule has 0 bridgehead atoms. The molecule has 0 N–H and O–H groups in total. The van der Waals surface area contributed by atoms with Gasteiger partial charge in [0.15, 0.2) is 0 Å². The second kappa shape index (κ2) is 43.6. The Bertz CT molecular complexity index is 780. The number of nitrogens with zero attached hydrogens (tertiary/aromatic N) is 1. The maximum Gasteiger partial charge on any atom is 0.647 e. The van der Waals surface area contributed by atoms with Gasteiger partial charge in [0, 0.05) is 18.1 Å². The Morgan fingerprint density at radius 2 is 0.792 bits per heavy atom. The second-order valence-electron chi connectivity index (χ2n) is 15.4. The molecule has 0 aliphatic heterocycles. The van der Waals surface area contributed by atoms with E-state index in [-0.39, 0.29) is 24.7 Å². The number of carbonyl (C=O) groups excluding carboxylic acids is 2. The summed E-state index contributed by atoms with van der Waals surface area (Å²) < 4.78 is 16.5. The monoisotopic (exact) mass is 784 g/mol. The minimum Gasteiger partial charge on any atom is -0.465 e. The summed E-state index contributed by atoms with van der Waals surface area (Å²) in [6.45, 7) is 6.86. The molecular formula is C44H85NO6SSi. The van der Waals surface area contributed by atoms with Crippen molar-refractivity contribution in [1.82, 2.24) is 0 Å². The summed E-state index contributed by atoms with van der Waals surface area (Å²) >= 11 is 1.16. The molecule has 1 atom stereocenters. The van der Waals surface area contributed by atoms with Crippen molar-refractivity contribution in [2.45, 2.75) is 257 Å². The lowest BCUT2D eigenvalue weighted by Crippen LogP contribution is -2.33. The zero-order chi connectivity index (χ0) is 38.7. The number of rotatable bonds is 43. The van der Waals surface area contributed by atoms with Gasteiger partial charge in [-0.1, -0.05) is 220 Å². The van der Waals surface area contributed by atoms with Crippen molar-refractivity contribution in [1.29, 1.82) is 5.26 Å². The Balaban J connectivity index is 4.28. The van der Waals surface area contributed by atoms with Gasteiger partial charge in [-0.25, -0.2) is 9.46 Å². The van der Waals surface area contributed by atoms with E-state index in [1.165, 1.54) is 154 Å². The average Bonchev–Trinajstić information content (AvgIpc) is 3.14. The molecule has 0 saturated heterocycles. The first kappa shape index (κ1) is 51.9. The third kappa shape index (κ3) is 40.4. The Morgan fingerprint density at radius 3 is 1.11 bits per heavy atom. The van der Waals surface area contributed by atoms with Crippen LogP contribution in [0.3, 0.4) is 0 Å². The summed E-state index contributed by atoms with van der Waals surface area (Å²) in [7, 11) is -3.16. The van der Waals surface area contributed by atoms with Crippen molar-refractivity contribution in [2.75, 3.05) is 6.61 Å².